The van der Waals surface area contributed by atoms with Crippen molar-refractivity contribution in [2.24, 2.45) is 0 Å². The van der Waals surface area contributed by atoms with E-state index in [0.717, 1.165) is 43.4 Å². The smallest absolute Gasteiger partial charge is 0.257 e. The number of carbonyl (C=O) groups is 1. The summed E-state index contributed by atoms with van der Waals surface area (Å²) >= 11 is 0. The molecule has 0 radical (unpaired) electrons. The average molecular weight is 367 g/mol. The maximum absolute atomic E-state index is 12.9. The van der Waals surface area contributed by atoms with E-state index in [-0.39, 0.29) is 5.91 Å². The second-order valence-corrected chi connectivity index (χ2v) is 7.02. The van der Waals surface area contributed by atoms with Crippen LogP contribution in [0.1, 0.15) is 47.2 Å². The van der Waals surface area contributed by atoms with E-state index >= 15 is 0 Å². The molecule has 0 saturated carbocycles. The summed E-state index contributed by atoms with van der Waals surface area (Å²) in [5, 5.41) is 3.04. The molecule has 0 aromatic carbocycles. The Morgan fingerprint density at radius 3 is 2.59 bits per heavy atom. The molecule has 0 bridgehead atoms. The summed E-state index contributed by atoms with van der Waals surface area (Å²) in [6, 6.07) is 0. The van der Waals surface area contributed by atoms with Crippen LogP contribution in [0, 0.1) is 6.92 Å². The first-order valence-corrected chi connectivity index (χ1v) is 9.62. The monoisotopic (exact) mass is 367 g/mol. The zero-order valence-electron chi connectivity index (χ0n) is 15.9. The van der Waals surface area contributed by atoms with Gasteiger partial charge in [-0.25, -0.2) is 19.9 Å². The van der Waals surface area contributed by atoms with E-state index in [9.17, 15) is 4.79 Å². The molecule has 8 heteroatoms. The second kappa shape index (κ2) is 7.46. The van der Waals surface area contributed by atoms with Crippen LogP contribution >= 0.6 is 0 Å². The molecule has 8 nitrogen and oxygen atoms in total. The van der Waals surface area contributed by atoms with Gasteiger partial charge in [-0.05, 0) is 33.1 Å². The maximum atomic E-state index is 12.9. The largest absolute Gasteiger partial charge is 0.356 e. The number of nitrogens with one attached hydrogen (secondary N) is 1. The highest BCUT2D eigenvalue weighted by atomic mass is 16.2. The van der Waals surface area contributed by atoms with Crippen molar-refractivity contribution in [2.75, 3.05) is 36.4 Å². The van der Waals surface area contributed by atoms with Gasteiger partial charge in [0.15, 0.2) is 0 Å². The van der Waals surface area contributed by atoms with Gasteiger partial charge in [0.05, 0.1) is 17.8 Å². The topological polar surface area (TPSA) is 87.1 Å². The molecular formula is C19H25N7O. The van der Waals surface area contributed by atoms with Crippen LogP contribution < -0.4 is 10.2 Å². The van der Waals surface area contributed by atoms with Crippen LogP contribution in [0.15, 0.2) is 12.4 Å². The SMILES string of the molecule is CCNc1ncc(C(=O)N2CCc3c(nc(C)nc3N3CCCC3)C2)cn1. The Kier molecular flexibility index (Phi) is 4.87. The number of aryl methyl sites for hydroxylation is 1. The van der Waals surface area contributed by atoms with E-state index in [4.69, 9.17) is 4.98 Å². The molecule has 27 heavy (non-hydrogen) atoms. The molecule has 4 heterocycles. The van der Waals surface area contributed by atoms with Gasteiger partial charge in [-0.1, -0.05) is 0 Å². The number of carbonyl (C=O) groups excluding carboxylic acids is 1. The number of hydrogen-bond donors (Lipinski definition) is 1. The third kappa shape index (κ3) is 3.56. The van der Waals surface area contributed by atoms with Gasteiger partial charge in [-0.15, -0.1) is 0 Å². The first-order valence-electron chi connectivity index (χ1n) is 9.62. The Bertz CT molecular complexity index is 831. The van der Waals surface area contributed by atoms with E-state index < -0.39 is 0 Å². The third-order valence-electron chi connectivity index (χ3n) is 5.08. The van der Waals surface area contributed by atoms with E-state index in [1.54, 1.807) is 12.4 Å². The molecule has 1 N–H and O–H groups in total. The molecule has 0 atom stereocenters. The lowest BCUT2D eigenvalue weighted by Crippen LogP contribution is -2.38. The van der Waals surface area contributed by atoms with E-state index in [1.165, 1.54) is 18.4 Å². The zero-order valence-corrected chi connectivity index (χ0v) is 15.9. The second-order valence-electron chi connectivity index (χ2n) is 7.02. The van der Waals surface area contributed by atoms with Crippen molar-refractivity contribution >= 4 is 17.7 Å². The molecular weight excluding hydrogens is 342 g/mol. The quantitative estimate of drug-likeness (QED) is 0.882. The first-order chi connectivity index (χ1) is 13.2. The Morgan fingerprint density at radius 1 is 1.15 bits per heavy atom. The van der Waals surface area contributed by atoms with Crippen LogP contribution in [0.25, 0.3) is 0 Å². The normalized spacial score (nSPS) is 16.4. The molecule has 0 unspecified atom stereocenters. The molecule has 1 amide bonds. The number of rotatable bonds is 4. The Morgan fingerprint density at radius 2 is 1.89 bits per heavy atom. The van der Waals surface area contributed by atoms with E-state index in [2.05, 4.69) is 25.2 Å². The van der Waals surface area contributed by atoms with Crippen molar-refractivity contribution in [3.05, 3.63) is 35.0 Å². The first kappa shape index (κ1) is 17.6. The average Bonchev–Trinajstić information content (AvgIpc) is 3.22. The van der Waals surface area contributed by atoms with Gasteiger partial charge in [0.1, 0.15) is 11.6 Å². The van der Waals surface area contributed by atoms with Gasteiger partial charge in [-0.3, -0.25) is 4.79 Å². The summed E-state index contributed by atoms with van der Waals surface area (Å²) < 4.78 is 0. The predicted octanol–water partition coefficient (Wildman–Crippen LogP) is 1.81. The number of anilines is 2. The predicted molar refractivity (Wildman–Crippen MR) is 103 cm³/mol. The van der Waals surface area contributed by atoms with Crippen molar-refractivity contribution in [1.82, 2.24) is 24.8 Å². The van der Waals surface area contributed by atoms with Crippen LogP contribution in [0.5, 0.6) is 0 Å². The summed E-state index contributed by atoms with van der Waals surface area (Å²) in [5.41, 5.74) is 2.67. The Hall–Kier alpha value is -2.77. The Balaban J connectivity index is 1.55. The van der Waals surface area contributed by atoms with Gasteiger partial charge >= 0.3 is 0 Å². The summed E-state index contributed by atoms with van der Waals surface area (Å²) in [6.07, 6.45) is 6.38. The van der Waals surface area contributed by atoms with Crippen molar-refractivity contribution in [3.63, 3.8) is 0 Å². The van der Waals surface area contributed by atoms with Crippen molar-refractivity contribution < 1.29 is 4.79 Å². The van der Waals surface area contributed by atoms with Crippen LogP contribution in [-0.2, 0) is 13.0 Å². The van der Waals surface area contributed by atoms with Gasteiger partial charge < -0.3 is 15.1 Å². The van der Waals surface area contributed by atoms with Gasteiger partial charge in [0.2, 0.25) is 5.95 Å². The van der Waals surface area contributed by atoms with E-state index in [0.29, 0.717) is 24.6 Å². The minimum atomic E-state index is -0.0531. The molecule has 4 rings (SSSR count). The van der Waals surface area contributed by atoms with E-state index in [1.807, 2.05) is 18.7 Å². The summed E-state index contributed by atoms with van der Waals surface area (Å²) in [4.78, 5) is 34.8. The molecule has 1 saturated heterocycles. The van der Waals surface area contributed by atoms with Gasteiger partial charge in [0.25, 0.3) is 5.91 Å². The maximum Gasteiger partial charge on any atom is 0.257 e. The fourth-order valence-corrected chi connectivity index (χ4v) is 3.77. The summed E-state index contributed by atoms with van der Waals surface area (Å²) in [6.45, 7) is 7.93. The molecule has 2 aliphatic heterocycles. The number of fused-ring (bicyclic) bond motifs is 1. The fourth-order valence-electron chi connectivity index (χ4n) is 3.77. The lowest BCUT2D eigenvalue weighted by molar-refractivity contribution is 0.0730. The summed E-state index contributed by atoms with van der Waals surface area (Å²) in [7, 11) is 0. The van der Waals surface area contributed by atoms with Crippen LogP contribution in [0.3, 0.4) is 0 Å². The third-order valence-corrected chi connectivity index (χ3v) is 5.08. The molecule has 2 aliphatic rings. The molecule has 1 fully saturated rings. The lowest BCUT2D eigenvalue weighted by atomic mass is 10.0. The number of nitrogens with zero attached hydrogens (tertiary/aromatic N) is 6. The minimum Gasteiger partial charge on any atom is -0.356 e. The Labute approximate surface area is 159 Å². The molecule has 0 spiro atoms. The molecule has 2 aromatic rings. The standard InChI is InChI=1S/C19H25N7O/c1-3-20-19-21-10-14(11-22-19)18(27)26-9-6-15-16(12-26)23-13(2)24-17(15)25-7-4-5-8-25/h10-11H,3-9,12H2,1-2H3,(H,20,21,22). The number of aromatic nitrogens is 4. The molecule has 142 valence electrons. The summed E-state index contributed by atoms with van der Waals surface area (Å²) in [5.74, 6) is 2.32. The number of amides is 1. The molecule has 2 aromatic heterocycles. The van der Waals surface area contributed by atoms with Crippen LogP contribution in [-0.4, -0.2) is 56.9 Å². The van der Waals surface area contributed by atoms with Crippen molar-refractivity contribution in [2.45, 2.75) is 39.7 Å². The minimum absolute atomic E-state index is 0.0531. The lowest BCUT2D eigenvalue weighted by Gasteiger charge is -2.31. The highest BCUT2D eigenvalue weighted by Gasteiger charge is 2.28. The molecule has 0 aliphatic carbocycles. The van der Waals surface area contributed by atoms with Gasteiger partial charge in [-0.2, -0.15) is 0 Å². The van der Waals surface area contributed by atoms with Crippen molar-refractivity contribution in [3.8, 4) is 0 Å². The highest BCUT2D eigenvalue weighted by molar-refractivity contribution is 5.93. The highest BCUT2D eigenvalue weighted by Crippen LogP contribution is 2.29. The number of hydrogen-bond acceptors (Lipinski definition) is 7. The van der Waals surface area contributed by atoms with Crippen LogP contribution in [0.2, 0.25) is 0 Å². The van der Waals surface area contributed by atoms with Crippen molar-refractivity contribution in [1.29, 1.82) is 0 Å². The fraction of sp³-hybridized carbons (Fsp3) is 0.526. The van der Waals surface area contributed by atoms with Crippen LogP contribution in [0.4, 0.5) is 11.8 Å². The van der Waals surface area contributed by atoms with Gasteiger partial charge in [0, 0.05) is 44.1 Å². The zero-order chi connectivity index (χ0) is 18.8.